The minimum Gasteiger partial charge on any atom is -0.495 e. The quantitative estimate of drug-likeness (QED) is 0.786. The third-order valence-electron chi connectivity index (χ3n) is 2.60. The van der Waals surface area contributed by atoms with Gasteiger partial charge in [0.25, 0.3) is 0 Å². The second kappa shape index (κ2) is 9.34. The molecule has 3 heteroatoms. The number of aryl methyl sites for hydroxylation is 1. The van der Waals surface area contributed by atoms with Crippen LogP contribution in [-0.2, 0) is 0 Å². The zero-order chi connectivity index (χ0) is 13.4. The Morgan fingerprint density at radius 3 is 2.74 bits per heavy atom. The number of methoxy groups -OCH3 is 1. The molecule has 1 N–H and O–H groups in total. The molecular weight excluding hydrogens is 254 g/mol. The zero-order valence-corrected chi connectivity index (χ0v) is 12.9. The van der Waals surface area contributed by atoms with E-state index in [1.807, 2.05) is 43.4 Å². The monoisotopic (exact) mass is 277 g/mol. The van der Waals surface area contributed by atoms with E-state index in [-0.39, 0.29) is 13.5 Å². The van der Waals surface area contributed by atoms with Crippen molar-refractivity contribution in [3.63, 3.8) is 0 Å². The lowest BCUT2D eigenvalue weighted by Gasteiger charge is -2.12. The third kappa shape index (κ3) is 5.71. The van der Waals surface area contributed by atoms with E-state index in [2.05, 4.69) is 24.9 Å². The van der Waals surface area contributed by atoms with Crippen LogP contribution in [0.25, 0.3) is 0 Å². The van der Waals surface area contributed by atoms with Crippen LogP contribution < -0.4 is 10.1 Å². The molecular formula is C16H23NOS. The van der Waals surface area contributed by atoms with Gasteiger partial charge in [0.1, 0.15) is 5.75 Å². The van der Waals surface area contributed by atoms with E-state index < -0.39 is 0 Å². The van der Waals surface area contributed by atoms with Crippen molar-refractivity contribution in [3.8, 4) is 5.75 Å². The van der Waals surface area contributed by atoms with E-state index in [9.17, 15) is 0 Å². The van der Waals surface area contributed by atoms with Crippen LogP contribution in [0.1, 0.15) is 12.5 Å². The summed E-state index contributed by atoms with van der Waals surface area (Å²) >= 11 is 0. The first-order valence-electron chi connectivity index (χ1n) is 6.04. The maximum Gasteiger partial charge on any atom is 0.141 e. The maximum absolute atomic E-state index is 5.33. The fourth-order valence-electron chi connectivity index (χ4n) is 1.58. The molecule has 0 saturated carbocycles. The first-order chi connectivity index (χ1) is 8.71. The third-order valence-corrected chi connectivity index (χ3v) is 2.60. The van der Waals surface area contributed by atoms with Crippen LogP contribution in [0.4, 0.5) is 5.69 Å². The molecule has 2 nitrogen and oxygen atoms in total. The molecule has 1 rings (SSSR count). The van der Waals surface area contributed by atoms with Gasteiger partial charge in [0.15, 0.2) is 0 Å². The molecule has 19 heavy (non-hydrogen) atoms. The highest BCUT2D eigenvalue weighted by molar-refractivity contribution is 7.59. The van der Waals surface area contributed by atoms with Gasteiger partial charge in [-0.1, -0.05) is 36.9 Å². The Labute approximate surface area is 123 Å². The average Bonchev–Trinajstić information content (AvgIpc) is 2.39. The fraction of sp³-hybridized carbons (Fsp3) is 0.250. The number of ether oxygens (including phenoxy) is 1. The van der Waals surface area contributed by atoms with Gasteiger partial charge in [-0.25, -0.2) is 0 Å². The predicted octanol–water partition coefficient (Wildman–Crippen LogP) is 4.22. The van der Waals surface area contributed by atoms with Crippen LogP contribution in [0.5, 0.6) is 5.75 Å². The smallest absolute Gasteiger partial charge is 0.141 e. The van der Waals surface area contributed by atoms with Gasteiger partial charge in [-0.05, 0) is 37.1 Å². The van der Waals surface area contributed by atoms with E-state index in [0.717, 1.165) is 23.6 Å². The number of anilines is 1. The van der Waals surface area contributed by atoms with Crippen molar-refractivity contribution in [1.82, 2.24) is 0 Å². The first kappa shape index (κ1) is 17.4. The van der Waals surface area contributed by atoms with Crippen LogP contribution in [0.2, 0.25) is 0 Å². The summed E-state index contributed by atoms with van der Waals surface area (Å²) in [7, 11) is 1.68. The van der Waals surface area contributed by atoms with E-state index >= 15 is 0 Å². The zero-order valence-electron chi connectivity index (χ0n) is 11.9. The van der Waals surface area contributed by atoms with Gasteiger partial charge in [0, 0.05) is 6.54 Å². The minimum absolute atomic E-state index is 0. The summed E-state index contributed by atoms with van der Waals surface area (Å²) in [5.41, 5.74) is 3.35. The topological polar surface area (TPSA) is 21.3 Å². The minimum atomic E-state index is 0. The number of rotatable bonds is 6. The molecule has 0 aliphatic carbocycles. The van der Waals surface area contributed by atoms with Crippen molar-refractivity contribution in [2.75, 3.05) is 19.0 Å². The molecule has 1 aromatic carbocycles. The summed E-state index contributed by atoms with van der Waals surface area (Å²) in [5.74, 6) is 0.857. The van der Waals surface area contributed by atoms with Crippen LogP contribution in [-0.4, -0.2) is 13.7 Å². The highest BCUT2D eigenvalue weighted by Crippen LogP contribution is 2.25. The molecule has 104 valence electrons. The lowest BCUT2D eigenvalue weighted by atomic mass is 10.2. The summed E-state index contributed by atoms with van der Waals surface area (Å²) in [5, 5.41) is 3.37. The van der Waals surface area contributed by atoms with Gasteiger partial charge in [0.05, 0.1) is 12.8 Å². The Kier molecular flexibility index (Phi) is 8.55. The number of nitrogens with one attached hydrogen (secondary N) is 1. The summed E-state index contributed by atoms with van der Waals surface area (Å²) in [6.45, 7) is 8.60. The summed E-state index contributed by atoms with van der Waals surface area (Å²) in [6.07, 6.45) is 7.90. The van der Waals surface area contributed by atoms with E-state index in [0.29, 0.717) is 0 Å². The van der Waals surface area contributed by atoms with Crippen LogP contribution in [0.15, 0.2) is 54.7 Å². The summed E-state index contributed by atoms with van der Waals surface area (Å²) in [4.78, 5) is 0. The molecule has 0 atom stereocenters. The Morgan fingerprint density at radius 2 is 2.16 bits per heavy atom. The van der Waals surface area contributed by atoms with Gasteiger partial charge < -0.3 is 10.1 Å². The summed E-state index contributed by atoms with van der Waals surface area (Å²) in [6, 6.07) is 6.09. The Hall–Kier alpha value is -1.61. The lowest BCUT2D eigenvalue weighted by Crippen LogP contribution is -2.05. The van der Waals surface area contributed by atoms with Crippen LogP contribution in [0.3, 0.4) is 0 Å². The molecule has 0 spiro atoms. The molecule has 0 radical (unpaired) electrons. The van der Waals surface area contributed by atoms with Crippen molar-refractivity contribution in [2.45, 2.75) is 13.8 Å². The standard InChI is InChI=1S/C16H21NO.H2S/c1-5-7-8-14(6-2)12-17-15-11-13(3)9-10-16(15)18-4;/h5-11,17H,2,12H2,1,3-4H3;1H2/b7-5-,14-8+;. The highest BCUT2D eigenvalue weighted by Gasteiger charge is 2.02. The van der Waals surface area contributed by atoms with Gasteiger partial charge in [-0.15, -0.1) is 0 Å². The molecule has 1 aromatic rings. The Morgan fingerprint density at radius 1 is 1.42 bits per heavy atom. The average molecular weight is 277 g/mol. The van der Waals surface area contributed by atoms with Gasteiger partial charge in [-0.3, -0.25) is 0 Å². The molecule has 0 unspecified atom stereocenters. The SMILES string of the molecule is C=C/C(=C\C=C/C)CNc1cc(C)ccc1OC.S. The van der Waals surface area contributed by atoms with E-state index in [4.69, 9.17) is 4.74 Å². The molecule has 0 heterocycles. The lowest BCUT2D eigenvalue weighted by molar-refractivity contribution is 0.416. The second-order valence-corrected chi connectivity index (χ2v) is 4.03. The molecule has 0 aliphatic rings. The molecule has 0 amide bonds. The van der Waals surface area contributed by atoms with Crippen molar-refractivity contribution in [3.05, 3.63) is 60.2 Å². The predicted molar refractivity (Wildman–Crippen MR) is 89.7 cm³/mol. The fourth-order valence-corrected chi connectivity index (χ4v) is 1.58. The number of hydrogen-bond acceptors (Lipinski definition) is 2. The van der Waals surface area contributed by atoms with Crippen LogP contribution in [0, 0.1) is 6.92 Å². The second-order valence-electron chi connectivity index (χ2n) is 4.03. The molecule has 0 fully saturated rings. The number of allylic oxidation sites excluding steroid dienone is 3. The van der Waals surface area contributed by atoms with Crippen molar-refractivity contribution in [1.29, 1.82) is 0 Å². The largest absolute Gasteiger partial charge is 0.495 e. The summed E-state index contributed by atoms with van der Waals surface area (Å²) < 4.78 is 5.33. The van der Waals surface area contributed by atoms with Crippen molar-refractivity contribution in [2.24, 2.45) is 0 Å². The van der Waals surface area contributed by atoms with E-state index in [1.165, 1.54) is 5.56 Å². The first-order valence-corrected chi connectivity index (χ1v) is 6.04. The number of hydrogen-bond donors (Lipinski definition) is 1. The van der Waals surface area contributed by atoms with Crippen molar-refractivity contribution >= 4 is 19.2 Å². The molecule has 0 bridgehead atoms. The van der Waals surface area contributed by atoms with Gasteiger partial charge in [0.2, 0.25) is 0 Å². The van der Waals surface area contributed by atoms with E-state index in [1.54, 1.807) is 7.11 Å². The molecule has 0 aliphatic heterocycles. The molecule has 0 saturated heterocycles. The van der Waals surface area contributed by atoms with Gasteiger partial charge >= 0.3 is 0 Å². The maximum atomic E-state index is 5.33. The van der Waals surface area contributed by atoms with Crippen molar-refractivity contribution < 1.29 is 4.74 Å². The number of benzene rings is 1. The van der Waals surface area contributed by atoms with Gasteiger partial charge in [-0.2, -0.15) is 13.5 Å². The molecule has 0 aromatic heterocycles. The Balaban J connectivity index is 0.00000324. The Bertz CT molecular complexity index is 464. The highest BCUT2D eigenvalue weighted by atomic mass is 32.1. The normalized spacial score (nSPS) is 11.0. The van der Waals surface area contributed by atoms with Crippen LogP contribution >= 0.6 is 13.5 Å².